The molecule has 1 saturated heterocycles. The third-order valence-corrected chi connectivity index (χ3v) is 3.20. The first-order chi connectivity index (χ1) is 9.16. The van der Waals surface area contributed by atoms with Crippen molar-refractivity contribution in [2.75, 3.05) is 13.1 Å². The quantitative estimate of drug-likeness (QED) is 0.893. The average molecular weight is 267 g/mol. The van der Waals surface area contributed by atoms with Crippen LogP contribution in [0.5, 0.6) is 0 Å². The lowest BCUT2D eigenvalue weighted by molar-refractivity contribution is 0.0461. The van der Waals surface area contributed by atoms with Gasteiger partial charge in [-0.05, 0) is 18.4 Å². The number of alkyl halides is 1. The molecule has 104 valence electrons. The lowest BCUT2D eigenvalue weighted by Gasteiger charge is -2.22. The summed E-state index contributed by atoms with van der Waals surface area (Å²) in [5.41, 5.74) is 0.898. The highest BCUT2D eigenvalue weighted by Gasteiger charge is 2.28. The molecule has 1 aromatic carbocycles. The van der Waals surface area contributed by atoms with Gasteiger partial charge in [-0.3, -0.25) is 0 Å². The summed E-state index contributed by atoms with van der Waals surface area (Å²) in [7, 11) is 0. The fourth-order valence-electron chi connectivity index (χ4n) is 2.08. The van der Waals surface area contributed by atoms with E-state index in [0.717, 1.165) is 5.56 Å². The molecule has 5 heteroatoms. The number of aliphatic hydroxyl groups excluding tert-OH is 1. The second-order valence-corrected chi connectivity index (χ2v) is 4.71. The number of nitrogens with zero attached hydrogens (tertiary/aromatic N) is 1. The predicted molar refractivity (Wildman–Crippen MR) is 68.3 cm³/mol. The number of aliphatic hydroxyl groups is 1. The summed E-state index contributed by atoms with van der Waals surface area (Å²) in [6, 6.07) is 9.35. The zero-order valence-corrected chi connectivity index (χ0v) is 10.7. The van der Waals surface area contributed by atoms with Crippen LogP contribution in [0.25, 0.3) is 0 Å². The second kappa shape index (κ2) is 6.52. The van der Waals surface area contributed by atoms with Gasteiger partial charge in [0, 0.05) is 6.54 Å². The van der Waals surface area contributed by atoms with Gasteiger partial charge in [0.15, 0.2) is 0 Å². The molecule has 2 rings (SSSR count). The largest absolute Gasteiger partial charge is 0.445 e. The van der Waals surface area contributed by atoms with E-state index in [4.69, 9.17) is 4.74 Å². The Bertz CT molecular complexity index is 412. The molecule has 1 aromatic rings. The number of ether oxygens (including phenoxy) is 1. The second-order valence-electron chi connectivity index (χ2n) is 4.71. The van der Waals surface area contributed by atoms with Crippen molar-refractivity contribution in [3.8, 4) is 0 Å². The normalized spacial score (nSPS) is 23.8. The minimum atomic E-state index is -1.26. The summed E-state index contributed by atoms with van der Waals surface area (Å²) in [5.74, 6) is 0. The number of carbonyl (C=O) groups is 1. The maximum absolute atomic E-state index is 13.3. The number of halogens is 1. The van der Waals surface area contributed by atoms with Gasteiger partial charge in [0.2, 0.25) is 0 Å². The van der Waals surface area contributed by atoms with E-state index in [1.165, 1.54) is 4.90 Å². The van der Waals surface area contributed by atoms with Crippen molar-refractivity contribution in [3.63, 3.8) is 0 Å². The molecule has 1 N–H and O–H groups in total. The SMILES string of the molecule is O=C(OCc1ccccc1)N1CCC[C@@H](F)[C@H](O)C1. The Morgan fingerprint density at radius 1 is 1.42 bits per heavy atom. The molecule has 4 nitrogen and oxygen atoms in total. The number of β-amino-alcohol motifs (C(OH)–C–C–N with tert-alkyl or cyclic N) is 1. The van der Waals surface area contributed by atoms with Crippen LogP contribution < -0.4 is 0 Å². The van der Waals surface area contributed by atoms with E-state index in [1.54, 1.807) is 0 Å². The van der Waals surface area contributed by atoms with Crippen LogP contribution in [0.1, 0.15) is 18.4 Å². The molecule has 0 radical (unpaired) electrons. The van der Waals surface area contributed by atoms with Gasteiger partial charge in [-0.15, -0.1) is 0 Å². The highest BCUT2D eigenvalue weighted by molar-refractivity contribution is 5.67. The molecule has 2 atom stereocenters. The average Bonchev–Trinajstić information content (AvgIpc) is 2.60. The molecule has 1 fully saturated rings. The summed E-state index contributed by atoms with van der Waals surface area (Å²) in [6.07, 6.45) is -2.06. The summed E-state index contributed by atoms with van der Waals surface area (Å²) in [5, 5.41) is 9.54. The van der Waals surface area contributed by atoms with E-state index < -0.39 is 18.4 Å². The third kappa shape index (κ3) is 3.92. The first-order valence-corrected chi connectivity index (χ1v) is 6.44. The maximum Gasteiger partial charge on any atom is 0.410 e. The van der Waals surface area contributed by atoms with Crippen LogP contribution in [-0.2, 0) is 11.3 Å². The molecule has 0 bridgehead atoms. The third-order valence-electron chi connectivity index (χ3n) is 3.20. The number of hydrogen-bond donors (Lipinski definition) is 1. The van der Waals surface area contributed by atoms with Gasteiger partial charge >= 0.3 is 6.09 Å². The van der Waals surface area contributed by atoms with Gasteiger partial charge in [-0.1, -0.05) is 30.3 Å². The Kier molecular flexibility index (Phi) is 4.74. The van der Waals surface area contributed by atoms with Gasteiger partial charge in [-0.25, -0.2) is 9.18 Å². The highest BCUT2D eigenvalue weighted by atomic mass is 19.1. The number of carbonyl (C=O) groups excluding carboxylic acids is 1. The van der Waals surface area contributed by atoms with E-state index in [2.05, 4.69) is 0 Å². The van der Waals surface area contributed by atoms with Crippen LogP contribution in [0.15, 0.2) is 30.3 Å². The molecular formula is C14H18FNO3. The molecule has 1 aliphatic heterocycles. The summed E-state index contributed by atoms with van der Waals surface area (Å²) in [4.78, 5) is 13.2. The van der Waals surface area contributed by atoms with Crippen LogP contribution >= 0.6 is 0 Å². The van der Waals surface area contributed by atoms with Crippen molar-refractivity contribution in [1.82, 2.24) is 4.90 Å². The molecule has 0 aliphatic carbocycles. The van der Waals surface area contributed by atoms with E-state index in [0.29, 0.717) is 13.0 Å². The molecule has 0 unspecified atom stereocenters. The smallest absolute Gasteiger partial charge is 0.410 e. The monoisotopic (exact) mass is 267 g/mol. The fraction of sp³-hybridized carbons (Fsp3) is 0.500. The summed E-state index contributed by atoms with van der Waals surface area (Å²) >= 11 is 0. The predicted octanol–water partition coefficient (Wildman–Crippen LogP) is 2.12. The highest BCUT2D eigenvalue weighted by Crippen LogP contribution is 2.15. The van der Waals surface area contributed by atoms with Crippen molar-refractivity contribution in [1.29, 1.82) is 0 Å². The number of benzene rings is 1. The van der Waals surface area contributed by atoms with Crippen LogP contribution in [0.3, 0.4) is 0 Å². The van der Waals surface area contributed by atoms with Crippen molar-refractivity contribution in [3.05, 3.63) is 35.9 Å². The van der Waals surface area contributed by atoms with Crippen molar-refractivity contribution >= 4 is 6.09 Å². The minimum absolute atomic E-state index is 0.00517. The van der Waals surface area contributed by atoms with E-state index in [1.807, 2.05) is 30.3 Å². The Morgan fingerprint density at radius 3 is 2.89 bits per heavy atom. The molecule has 0 saturated carbocycles. The number of likely N-dealkylation sites (tertiary alicyclic amines) is 1. The van der Waals surface area contributed by atoms with Crippen molar-refractivity contribution in [2.24, 2.45) is 0 Å². The zero-order valence-electron chi connectivity index (χ0n) is 10.7. The fourth-order valence-corrected chi connectivity index (χ4v) is 2.08. The topological polar surface area (TPSA) is 49.8 Å². The maximum atomic E-state index is 13.3. The first-order valence-electron chi connectivity index (χ1n) is 6.44. The number of hydrogen-bond acceptors (Lipinski definition) is 3. The number of rotatable bonds is 2. The summed E-state index contributed by atoms with van der Waals surface area (Å²) < 4.78 is 18.5. The first kappa shape index (κ1) is 13.8. The Labute approximate surface area is 111 Å². The summed E-state index contributed by atoms with van der Waals surface area (Å²) in [6.45, 7) is 0.602. The van der Waals surface area contributed by atoms with Gasteiger partial charge in [0.05, 0.1) is 6.54 Å². The van der Waals surface area contributed by atoms with Crippen molar-refractivity contribution < 1.29 is 19.0 Å². The molecule has 0 spiro atoms. The minimum Gasteiger partial charge on any atom is -0.445 e. The molecule has 1 aliphatic rings. The van der Waals surface area contributed by atoms with Gasteiger partial charge in [0.1, 0.15) is 18.9 Å². The van der Waals surface area contributed by atoms with Crippen LogP contribution in [0, 0.1) is 0 Å². The van der Waals surface area contributed by atoms with Gasteiger partial charge in [-0.2, -0.15) is 0 Å². The van der Waals surface area contributed by atoms with Crippen LogP contribution in [0.2, 0.25) is 0 Å². The molecule has 0 aromatic heterocycles. The molecular weight excluding hydrogens is 249 g/mol. The molecule has 1 heterocycles. The van der Waals surface area contributed by atoms with Crippen LogP contribution in [-0.4, -0.2) is 41.5 Å². The van der Waals surface area contributed by atoms with E-state index >= 15 is 0 Å². The lowest BCUT2D eigenvalue weighted by Crippen LogP contribution is -2.38. The lowest BCUT2D eigenvalue weighted by atomic mass is 10.1. The zero-order chi connectivity index (χ0) is 13.7. The Balaban J connectivity index is 1.85. The van der Waals surface area contributed by atoms with Gasteiger partial charge < -0.3 is 14.7 Å². The van der Waals surface area contributed by atoms with E-state index in [-0.39, 0.29) is 19.6 Å². The van der Waals surface area contributed by atoms with Crippen molar-refractivity contribution in [2.45, 2.75) is 31.7 Å². The Morgan fingerprint density at radius 2 is 2.16 bits per heavy atom. The number of amides is 1. The van der Waals surface area contributed by atoms with Gasteiger partial charge in [0.25, 0.3) is 0 Å². The van der Waals surface area contributed by atoms with E-state index in [9.17, 15) is 14.3 Å². The van der Waals surface area contributed by atoms with Crippen LogP contribution in [0.4, 0.5) is 9.18 Å². The standard InChI is InChI=1S/C14H18FNO3/c15-12-7-4-8-16(9-13(12)17)14(18)19-10-11-5-2-1-3-6-11/h1-3,5-6,12-13,17H,4,7-10H2/t12-,13-/m1/s1. The molecule has 19 heavy (non-hydrogen) atoms. The molecule has 1 amide bonds. The Hall–Kier alpha value is -1.62.